The Hall–Kier alpha value is -4.47. The minimum Gasteiger partial charge on any atom is -0.509 e. The molecule has 0 bridgehead atoms. The van der Waals surface area contributed by atoms with Crippen molar-refractivity contribution < 1.29 is 25.8 Å². The first-order valence-corrected chi connectivity index (χ1v) is 17.4. The maximum atomic E-state index is 6.68. The van der Waals surface area contributed by atoms with Gasteiger partial charge in [0.15, 0.2) is 0 Å². The second-order valence-electron chi connectivity index (χ2n) is 15.8. The average Bonchev–Trinajstić information content (AvgIpc) is 3.52. The Morgan fingerprint density at radius 1 is 0.667 bits per heavy atom. The van der Waals surface area contributed by atoms with Gasteiger partial charge in [-0.1, -0.05) is 83.0 Å². The summed E-state index contributed by atoms with van der Waals surface area (Å²) in [7, 11) is 0. The molecule has 7 aromatic rings. The number of nitrogens with zero attached hydrogens (tertiary/aromatic N) is 4. The second kappa shape index (κ2) is 13.3. The largest absolute Gasteiger partial charge is 2.00 e. The average molecular weight is 854 g/mol. The molecule has 0 aliphatic carbocycles. The van der Waals surface area contributed by atoms with Crippen LogP contribution in [0.4, 0.5) is 0 Å². The van der Waals surface area contributed by atoms with Gasteiger partial charge in [-0.15, -0.1) is 41.3 Å². The number of fused-ring (bicyclic) bond motifs is 3. The molecule has 6 heteroatoms. The van der Waals surface area contributed by atoms with E-state index in [1.54, 1.807) is 0 Å². The van der Waals surface area contributed by atoms with E-state index in [1.165, 1.54) is 33.4 Å². The third-order valence-electron chi connectivity index (χ3n) is 9.76. The van der Waals surface area contributed by atoms with Crippen LogP contribution in [0.3, 0.4) is 0 Å². The molecule has 0 saturated heterocycles. The number of aryl methyl sites for hydroxylation is 4. The first-order chi connectivity index (χ1) is 23.6. The number of benzene rings is 4. The molecule has 3 heterocycles. The van der Waals surface area contributed by atoms with E-state index in [0.717, 1.165) is 50.3 Å². The SMILES string of the molecule is Cc1cc(C)c(-c2c(C)nn(-c3[c-]c(Oc4[c-]c5c(cc4)c4ccccc4n5-c4cc(C(C)(C)C)ccn4)cc(C(C)(C)C)c3)c2C)c(C)c1.[Pt+2]. The van der Waals surface area contributed by atoms with Gasteiger partial charge in [0, 0.05) is 34.5 Å². The van der Waals surface area contributed by atoms with Crippen LogP contribution in [0.15, 0.2) is 79.0 Å². The molecule has 0 N–H and O–H groups in total. The van der Waals surface area contributed by atoms with Gasteiger partial charge < -0.3 is 9.30 Å². The van der Waals surface area contributed by atoms with Crippen LogP contribution in [0.2, 0.25) is 0 Å². The fourth-order valence-electron chi connectivity index (χ4n) is 7.24. The molecule has 0 amide bonds. The molecular weight excluding hydrogens is 808 g/mol. The molecule has 3 aromatic heterocycles. The summed E-state index contributed by atoms with van der Waals surface area (Å²) >= 11 is 0. The molecule has 0 atom stereocenters. The Balaban J connectivity index is 0.00000448. The summed E-state index contributed by atoms with van der Waals surface area (Å²) in [5, 5.41) is 7.33. The Morgan fingerprint density at radius 2 is 1.35 bits per heavy atom. The van der Waals surface area contributed by atoms with E-state index in [2.05, 4.69) is 160 Å². The Bertz CT molecular complexity index is 2410. The number of hydrogen-bond donors (Lipinski definition) is 0. The quantitative estimate of drug-likeness (QED) is 0.162. The van der Waals surface area contributed by atoms with Crippen molar-refractivity contribution in [3.05, 3.63) is 130 Å². The molecule has 51 heavy (non-hydrogen) atoms. The number of para-hydroxylation sites is 1. The third-order valence-corrected chi connectivity index (χ3v) is 9.76. The fraction of sp³-hybridized carbons (Fsp3) is 0.289. The zero-order chi connectivity index (χ0) is 35.7. The summed E-state index contributed by atoms with van der Waals surface area (Å²) in [5.41, 5.74) is 13.3. The van der Waals surface area contributed by atoms with Gasteiger partial charge in [-0.3, -0.25) is 4.68 Å². The Kier molecular flexibility index (Phi) is 9.44. The van der Waals surface area contributed by atoms with Crippen molar-refractivity contribution in [2.24, 2.45) is 0 Å². The topological polar surface area (TPSA) is 44.9 Å². The molecule has 262 valence electrons. The third kappa shape index (κ3) is 6.69. The van der Waals surface area contributed by atoms with Gasteiger partial charge in [0.25, 0.3) is 0 Å². The molecular formula is C45H46N4OPt. The van der Waals surface area contributed by atoms with Crippen LogP contribution in [0.1, 0.15) is 80.7 Å². The summed E-state index contributed by atoms with van der Waals surface area (Å²) in [6, 6.07) is 32.8. The molecule has 7 rings (SSSR count). The van der Waals surface area contributed by atoms with Gasteiger partial charge in [-0.25, -0.2) is 4.98 Å². The predicted octanol–water partition coefficient (Wildman–Crippen LogP) is 11.6. The van der Waals surface area contributed by atoms with Crippen LogP contribution < -0.4 is 4.74 Å². The van der Waals surface area contributed by atoms with Crippen LogP contribution in [0.5, 0.6) is 11.5 Å². The molecule has 0 unspecified atom stereocenters. The molecule has 4 aromatic carbocycles. The zero-order valence-corrected chi connectivity index (χ0v) is 33.8. The van der Waals surface area contributed by atoms with Crippen molar-refractivity contribution >= 4 is 21.8 Å². The number of rotatable bonds is 5. The number of pyridine rings is 1. The van der Waals surface area contributed by atoms with E-state index >= 15 is 0 Å². The van der Waals surface area contributed by atoms with Crippen molar-refractivity contribution in [3.63, 3.8) is 0 Å². The normalized spacial score (nSPS) is 12.1. The van der Waals surface area contributed by atoms with E-state index in [4.69, 9.17) is 14.8 Å². The summed E-state index contributed by atoms with van der Waals surface area (Å²) in [6.07, 6.45) is 1.90. The fourth-order valence-corrected chi connectivity index (χ4v) is 7.24. The van der Waals surface area contributed by atoms with Gasteiger partial charge >= 0.3 is 21.1 Å². The van der Waals surface area contributed by atoms with Crippen molar-refractivity contribution in [2.75, 3.05) is 0 Å². The van der Waals surface area contributed by atoms with Crippen LogP contribution in [-0.4, -0.2) is 19.3 Å². The van der Waals surface area contributed by atoms with Crippen LogP contribution in [0, 0.1) is 46.8 Å². The van der Waals surface area contributed by atoms with E-state index in [0.29, 0.717) is 11.5 Å². The maximum Gasteiger partial charge on any atom is 2.00 e. The summed E-state index contributed by atoms with van der Waals surface area (Å²) < 4.78 is 10.9. The molecule has 0 spiro atoms. The van der Waals surface area contributed by atoms with Crippen molar-refractivity contribution in [2.45, 2.75) is 87.0 Å². The van der Waals surface area contributed by atoms with Crippen LogP contribution in [-0.2, 0) is 31.9 Å². The maximum absolute atomic E-state index is 6.68. The summed E-state index contributed by atoms with van der Waals surface area (Å²) in [4.78, 5) is 4.83. The molecule has 0 saturated carbocycles. The minimum absolute atomic E-state index is 0. The Labute approximate surface area is 317 Å². The number of aromatic nitrogens is 4. The monoisotopic (exact) mass is 853 g/mol. The van der Waals surface area contributed by atoms with Gasteiger partial charge in [-0.2, -0.15) is 11.2 Å². The summed E-state index contributed by atoms with van der Waals surface area (Å²) in [5.74, 6) is 2.09. The Morgan fingerprint density at radius 3 is 2.04 bits per heavy atom. The van der Waals surface area contributed by atoms with Gasteiger partial charge in [-0.05, 0) is 97.0 Å². The van der Waals surface area contributed by atoms with Crippen molar-refractivity contribution in [1.29, 1.82) is 0 Å². The first-order valence-electron chi connectivity index (χ1n) is 17.4. The van der Waals surface area contributed by atoms with Gasteiger partial charge in [0.2, 0.25) is 0 Å². The molecule has 0 fully saturated rings. The van der Waals surface area contributed by atoms with E-state index in [-0.39, 0.29) is 31.9 Å². The molecule has 5 nitrogen and oxygen atoms in total. The zero-order valence-electron chi connectivity index (χ0n) is 31.5. The second-order valence-corrected chi connectivity index (χ2v) is 15.8. The van der Waals surface area contributed by atoms with Crippen molar-refractivity contribution in [3.8, 4) is 34.1 Å². The van der Waals surface area contributed by atoms with E-state index < -0.39 is 0 Å². The molecule has 0 aliphatic rings. The van der Waals surface area contributed by atoms with E-state index in [9.17, 15) is 0 Å². The standard InChI is InChI=1S/C45H46N4O.Pt/c1-27-20-28(2)42(29(3)21-27)43-30(4)47-49(31(43)5)34-22-33(45(9,10)11)23-36(25-34)50-35-16-17-38-37-14-12-13-15-39(37)48(40(38)26-35)41-24-32(18-19-46-41)44(6,7)8;/h12-24H,1-11H3;/q-2;+2. The van der Waals surface area contributed by atoms with Crippen LogP contribution >= 0.6 is 0 Å². The van der Waals surface area contributed by atoms with Gasteiger partial charge in [0.05, 0.1) is 5.69 Å². The minimum atomic E-state index is -0.130. The van der Waals surface area contributed by atoms with Crippen molar-refractivity contribution in [1.82, 2.24) is 19.3 Å². The number of ether oxygens (including phenoxy) is 1. The van der Waals surface area contributed by atoms with Crippen LogP contribution in [0.25, 0.3) is 44.4 Å². The number of hydrogen-bond acceptors (Lipinski definition) is 3. The smallest absolute Gasteiger partial charge is 0.509 e. The van der Waals surface area contributed by atoms with E-state index in [1.807, 2.05) is 16.9 Å². The molecule has 0 aliphatic heterocycles. The first kappa shape index (κ1) is 36.3. The van der Waals surface area contributed by atoms with Gasteiger partial charge in [0.1, 0.15) is 5.82 Å². The molecule has 0 radical (unpaired) electrons. The predicted molar refractivity (Wildman–Crippen MR) is 206 cm³/mol. The summed E-state index contributed by atoms with van der Waals surface area (Å²) in [6.45, 7) is 24.1.